The lowest BCUT2D eigenvalue weighted by molar-refractivity contribution is 0.602. The van der Waals surface area contributed by atoms with Gasteiger partial charge in [0.1, 0.15) is 6.33 Å². The van der Waals surface area contributed by atoms with Gasteiger partial charge in [-0.3, -0.25) is 4.40 Å². The van der Waals surface area contributed by atoms with Gasteiger partial charge in [-0.2, -0.15) is 0 Å². The van der Waals surface area contributed by atoms with Crippen LogP contribution in [-0.4, -0.2) is 14.4 Å². The lowest BCUT2D eigenvalue weighted by Crippen LogP contribution is -1.84. The molecule has 0 aliphatic carbocycles. The van der Waals surface area contributed by atoms with Crippen molar-refractivity contribution in [3.8, 4) is 0 Å². The van der Waals surface area contributed by atoms with Crippen molar-refractivity contribution >= 4 is 16.7 Å². The van der Waals surface area contributed by atoms with Gasteiger partial charge in [0.15, 0.2) is 5.65 Å². The molecule has 0 spiro atoms. The van der Waals surface area contributed by atoms with Crippen LogP contribution in [0.5, 0.6) is 0 Å². The number of furan rings is 1. The molecule has 0 saturated carbocycles. The summed E-state index contributed by atoms with van der Waals surface area (Å²) in [4.78, 5) is 8.28. The lowest BCUT2D eigenvalue weighted by atomic mass is 10.4. The van der Waals surface area contributed by atoms with Crippen LogP contribution >= 0.6 is 0 Å². The Morgan fingerprint density at radius 2 is 2.33 bits per heavy atom. The molecule has 0 aliphatic heterocycles. The number of fused-ring (bicyclic) bond motifs is 3. The molecule has 3 heterocycles. The predicted molar refractivity (Wildman–Crippen MR) is 42.8 cm³/mol. The normalized spacial score (nSPS) is 11.3. The molecule has 0 bridgehead atoms. The van der Waals surface area contributed by atoms with E-state index in [1.807, 2.05) is 16.7 Å². The van der Waals surface area contributed by atoms with E-state index in [0.29, 0.717) is 5.71 Å². The predicted octanol–water partition coefficient (Wildman–Crippen LogP) is 1.48. The van der Waals surface area contributed by atoms with Gasteiger partial charge in [0.2, 0.25) is 5.71 Å². The molecule has 0 aliphatic rings. The molecule has 0 aromatic carbocycles. The molecule has 3 rings (SSSR count). The van der Waals surface area contributed by atoms with Crippen LogP contribution in [0.3, 0.4) is 0 Å². The van der Waals surface area contributed by atoms with E-state index >= 15 is 0 Å². The van der Waals surface area contributed by atoms with Crippen molar-refractivity contribution < 1.29 is 4.42 Å². The Bertz CT molecular complexity index is 487. The largest absolute Gasteiger partial charge is 0.446 e. The minimum Gasteiger partial charge on any atom is -0.446 e. The van der Waals surface area contributed by atoms with Gasteiger partial charge >= 0.3 is 0 Å². The Morgan fingerprint density at radius 3 is 3.33 bits per heavy atom. The van der Waals surface area contributed by atoms with Crippen molar-refractivity contribution in [2.75, 3.05) is 0 Å². The summed E-state index contributed by atoms with van der Waals surface area (Å²) in [5, 5.41) is 0.947. The van der Waals surface area contributed by atoms with Crippen molar-refractivity contribution in [3.05, 3.63) is 31.1 Å². The molecule has 4 nitrogen and oxygen atoms in total. The molecule has 3 aromatic heterocycles. The Morgan fingerprint density at radius 1 is 1.33 bits per heavy atom. The third-order valence-corrected chi connectivity index (χ3v) is 1.85. The zero-order valence-corrected chi connectivity index (χ0v) is 6.14. The van der Waals surface area contributed by atoms with Gasteiger partial charge in [-0.25, -0.2) is 9.97 Å². The van der Waals surface area contributed by atoms with Crippen molar-refractivity contribution in [3.63, 3.8) is 0 Å². The second-order valence-electron chi connectivity index (χ2n) is 2.54. The molecule has 0 amide bonds. The summed E-state index contributed by atoms with van der Waals surface area (Å²) >= 11 is 0. The van der Waals surface area contributed by atoms with Gasteiger partial charge in [-0.05, 0) is 6.07 Å². The van der Waals surface area contributed by atoms with Crippen LogP contribution in [0.2, 0.25) is 0 Å². The molecule has 0 fully saturated rings. The summed E-state index contributed by atoms with van der Waals surface area (Å²) in [6.45, 7) is 0. The highest BCUT2D eigenvalue weighted by Gasteiger charge is 2.03. The van der Waals surface area contributed by atoms with E-state index < -0.39 is 0 Å². The van der Waals surface area contributed by atoms with Gasteiger partial charge < -0.3 is 4.42 Å². The fraction of sp³-hybridized carbons (Fsp3) is 0. The second-order valence-corrected chi connectivity index (χ2v) is 2.54. The number of nitrogens with zero attached hydrogens (tertiary/aromatic N) is 3. The highest BCUT2D eigenvalue weighted by molar-refractivity contribution is 5.87. The third kappa shape index (κ3) is 0.567. The fourth-order valence-electron chi connectivity index (χ4n) is 1.30. The van der Waals surface area contributed by atoms with Crippen molar-refractivity contribution in [1.29, 1.82) is 0 Å². The van der Waals surface area contributed by atoms with E-state index in [1.54, 1.807) is 18.8 Å². The zero-order valence-electron chi connectivity index (χ0n) is 6.14. The highest BCUT2D eigenvalue weighted by Crippen LogP contribution is 2.16. The fourth-order valence-corrected chi connectivity index (χ4v) is 1.30. The van der Waals surface area contributed by atoms with E-state index in [2.05, 4.69) is 9.97 Å². The Balaban J connectivity index is 2.71. The Hall–Kier alpha value is -1.84. The second kappa shape index (κ2) is 1.85. The monoisotopic (exact) mass is 159 g/mol. The lowest BCUT2D eigenvalue weighted by Gasteiger charge is -1.91. The van der Waals surface area contributed by atoms with Crippen LogP contribution < -0.4 is 0 Å². The van der Waals surface area contributed by atoms with Crippen LogP contribution in [0.4, 0.5) is 0 Å². The molecule has 0 atom stereocenters. The molecule has 58 valence electrons. The van der Waals surface area contributed by atoms with E-state index in [9.17, 15) is 0 Å². The molecular formula is C8H5N3O. The van der Waals surface area contributed by atoms with Crippen LogP contribution in [0.25, 0.3) is 16.7 Å². The summed E-state index contributed by atoms with van der Waals surface area (Å²) < 4.78 is 6.99. The minimum absolute atomic E-state index is 0.633. The van der Waals surface area contributed by atoms with Crippen LogP contribution in [-0.2, 0) is 0 Å². The number of aromatic nitrogens is 3. The number of hydrogen-bond donors (Lipinski definition) is 0. The van der Waals surface area contributed by atoms with Crippen molar-refractivity contribution in [2.24, 2.45) is 0 Å². The highest BCUT2D eigenvalue weighted by atomic mass is 16.3. The number of rotatable bonds is 0. The average molecular weight is 159 g/mol. The quantitative estimate of drug-likeness (QED) is 0.499. The van der Waals surface area contributed by atoms with Crippen molar-refractivity contribution in [1.82, 2.24) is 14.4 Å². The number of hydrogen-bond acceptors (Lipinski definition) is 3. The van der Waals surface area contributed by atoms with Crippen LogP contribution in [0.1, 0.15) is 0 Å². The first-order chi connectivity index (χ1) is 5.95. The molecule has 0 radical (unpaired) electrons. The summed E-state index contributed by atoms with van der Waals surface area (Å²) in [5.41, 5.74) is 1.52. The van der Waals surface area contributed by atoms with Crippen LogP contribution in [0.15, 0.2) is 35.5 Å². The van der Waals surface area contributed by atoms with E-state index in [-0.39, 0.29) is 0 Å². The van der Waals surface area contributed by atoms with Crippen LogP contribution in [0, 0.1) is 0 Å². The smallest absolute Gasteiger partial charge is 0.231 e. The molecule has 3 aromatic rings. The topological polar surface area (TPSA) is 43.3 Å². The molecule has 12 heavy (non-hydrogen) atoms. The first-order valence-electron chi connectivity index (χ1n) is 3.60. The maximum absolute atomic E-state index is 5.13. The van der Waals surface area contributed by atoms with E-state index in [0.717, 1.165) is 11.0 Å². The van der Waals surface area contributed by atoms with Gasteiger partial charge in [-0.1, -0.05) is 0 Å². The minimum atomic E-state index is 0.633. The van der Waals surface area contributed by atoms with E-state index in [4.69, 9.17) is 4.42 Å². The molecule has 4 heteroatoms. The first-order valence-corrected chi connectivity index (χ1v) is 3.60. The SMILES string of the molecule is c1cn2cnc3occc3c2n1. The first kappa shape index (κ1) is 5.77. The molecule has 0 N–H and O–H groups in total. The maximum Gasteiger partial charge on any atom is 0.231 e. The van der Waals surface area contributed by atoms with Gasteiger partial charge in [0.05, 0.1) is 11.6 Å². The molecule has 0 saturated heterocycles. The summed E-state index contributed by atoms with van der Waals surface area (Å²) in [6.07, 6.45) is 6.90. The molecule has 0 unspecified atom stereocenters. The average Bonchev–Trinajstić information content (AvgIpc) is 2.71. The van der Waals surface area contributed by atoms with Crippen molar-refractivity contribution in [2.45, 2.75) is 0 Å². The molecular weight excluding hydrogens is 154 g/mol. The van der Waals surface area contributed by atoms with E-state index in [1.165, 1.54) is 0 Å². The van der Waals surface area contributed by atoms with Gasteiger partial charge in [-0.15, -0.1) is 0 Å². The zero-order chi connectivity index (χ0) is 7.97. The summed E-state index contributed by atoms with van der Waals surface area (Å²) in [6, 6.07) is 1.87. The Labute approximate surface area is 67.5 Å². The standard InChI is InChI=1S/C8H5N3O/c1-4-12-8-6(1)7-9-2-3-11(7)5-10-8/h1-5H. The maximum atomic E-state index is 5.13. The third-order valence-electron chi connectivity index (χ3n) is 1.85. The number of imidazole rings is 1. The van der Waals surface area contributed by atoms with Gasteiger partial charge in [0, 0.05) is 12.4 Å². The summed E-state index contributed by atoms with van der Waals surface area (Å²) in [7, 11) is 0. The summed E-state index contributed by atoms with van der Waals surface area (Å²) in [5.74, 6) is 0. The Kier molecular flexibility index (Phi) is 0.889. The van der Waals surface area contributed by atoms with Gasteiger partial charge in [0.25, 0.3) is 0 Å².